The number of allylic oxidation sites excluding steroid dienone is 2. The summed E-state index contributed by atoms with van der Waals surface area (Å²) >= 11 is 11.9. The van der Waals surface area contributed by atoms with E-state index < -0.39 is 18.0 Å². The molecule has 0 bridgehead atoms. The van der Waals surface area contributed by atoms with Crippen LogP contribution >= 0.6 is 23.2 Å². The zero-order valence-corrected chi connectivity index (χ0v) is 16.5. The van der Waals surface area contributed by atoms with Crippen LogP contribution in [0.5, 0.6) is 5.75 Å². The van der Waals surface area contributed by atoms with Crippen LogP contribution in [0.4, 0.5) is 10.5 Å². The van der Waals surface area contributed by atoms with Crippen LogP contribution in [0, 0.1) is 5.21 Å². The Kier molecular flexibility index (Phi) is 6.60. The van der Waals surface area contributed by atoms with E-state index in [0.717, 1.165) is 0 Å². The van der Waals surface area contributed by atoms with Crippen LogP contribution in [-0.4, -0.2) is 52.0 Å². The number of urea groups is 1. The van der Waals surface area contributed by atoms with Gasteiger partial charge in [-0.2, -0.15) is 5.32 Å². The second kappa shape index (κ2) is 9.14. The Balaban J connectivity index is 1.73. The number of anilines is 1. The quantitative estimate of drug-likeness (QED) is 0.314. The molecular formula is C17H18Cl2N6O4. The first-order valence-electron chi connectivity index (χ1n) is 8.55. The number of halogens is 2. The van der Waals surface area contributed by atoms with Crippen LogP contribution < -0.4 is 21.1 Å². The normalized spacial score (nSPS) is 18.1. The minimum atomic E-state index is -0.853. The molecule has 3 rings (SSSR count). The van der Waals surface area contributed by atoms with Gasteiger partial charge in [0.05, 0.1) is 12.3 Å². The van der Waals surface area contributed by atoms with Crippen molar-refractivity contribution in [2.45, 2.75) is 12.5 Å². The smallest absolute Gasteiger partial charge is 0.423 e. The number of hydroxylamine groups is 2. The van der Waals surface area contributed by atoms with Crippen molar-refractivity contribution in [3.8, 4) is 5.75 Å². The summed E-state index contributed by atoms with van der Waals surface area (Å²) in [7, 11) is 0. The number of rotatable bonds is 5. The molecule has 0 aromatic heterocycles. The van der Waals surface area contributed by atoms with E-state index in [-0.39, 0.29) is 5.71 Å². The zero-order chi connectivity index (χ0) is 21.0. The molecule has 1 heterocycles. The van der Waals surface area contributed by atoms with Crippen molar-refractivity contribution in [1.82, 2.24) is 10.5 Å². The first kappa shape index (κ1) is 20.9. The molecular weight excluding hydrogens is 423 g/mol. The first-order chi connectivity index (χ1) is 13.9. The Bertz CT molecular complexity index is 930. The van der Waals surface area contributed by atoms with Crippen LogP contribution in [0.15, 0.2) is 46.6 Å². The lowest BCUT2D eigenvalue weighted by atomic mass is 10.1. The van der Waals surface area contributed by atoms with E-state index in [2.05, 4.69) is 15.7 Å². The number of hydrazone groups is 1. The topological polar surface area (TPSA) is 138 Å². The monoisotopic (exact) mass is 440 g/mol. The highest BCUT2D eigenvalue weighted by Gasteiger charge is 2.34. The van der Waals surface area contributed by atoms with Crippen molar-refractivity contribution in [2.24, 2.45) is 10.8 Å². The van der Waals surface area contributed by atoms with E-state index in [1.165, 1.54) is 24.3 Å². The number of nitrogens with one attached hydrogen (secondary N) is 2. The van der Waals surface area contributed by atoms with Crippen LogP contribution in [-0.2, 0) is 0 Å². The lowest BCUT2D eigenvalue weighted by molar-refractivity contribution is -0.345. The molecule has 12 heteroatoms. The third-order valence-corrected chi connectivity index (χ3v) is 4.41. The van der Waals surface area contributed by atoms with Gasteiger partial charge in [0.2, 0.25) is 0 Å². The van der Waals surface area contributed by atoms with E-state index >= 15 is 0 Å². The van der Waals surface area contributed by atoms with Crippen molar-refractivity contribution < 1.29 is 19.5 Å². The number of carbonyl (C=O) groups excluding carboxylic acids is 1. The van der Waals surface area contributed by atoms with E-state index in [1.54, 1.807) is 12.1 Å². The lowest BCUT2D eigenvalue weighted by Crippen LogP contribution is -2.51. The highest BCUT2D eigenvalue weighted by Crippen LogP contribution is 2.28. The number of fused-ring (bicyclic) bond motifs is 1. The standard InChI is InChI=1S/C17H18Cl2N6O4/c18-10-3-5-15(29-7-1-6-20)12(8-10)21-17(26)22-16-23-25(28)14-9-11(19)2-4-13(14)24(16)27/h2-5,8-9,14,28H,1,6-7,20H2,(H2,21,22,23,26). The van der Waals surface area contributed by atoms with Gasteiger partial charge in [-0.25, -0.2) is 9.53 Å². The van der Waals surface area contributed by atoms with Crippen LogP contribution in [0.25, 0.3) is 0 Å². The largest absolute Gasteiger partial charge is 0.740 e. The fourth-order valence-corrected chi connectivity index (χ4v) is 2.93. The molecule has 1 unspecified atom stereocenters. The van der Waals surface area contributed by atoms with Gasteiger partial charge in [-0.1, -0.05) is 28.4 Å². The Morgan fingerprint density at radius 2 is 2.17 bits per heavy atom. The van der Waals surface area contributed by atoms with Crippen LogP contribution in [0.3, 0.4) is 0 Å². The Labute approximate surface area is 176 Å². The molecule has 0 saturated carbocycles. The fraction of sp³-hybridized carbons (Fsp3) is 0.235. The van der Waals surface area contributed by atoms with E-state index in [0.29, 0.717) is 51.0 Å². The molecule has 1 atom stereocenters. The van der Waals surface area contributed by atoms with Crippen molar-refractivity contribution in [3.63, 3.8) is 0 Å². The number of nitrogens with zero attached hydrogens (tertiary/aromatic N) is 3. The fourth-order valence-electron chi connectivity index (χ4n) is 2.57. The summed E-state index contributed by atoms with van der Waals surface area (Å²) in [5.74, 6) is -0.0456. The second-order valence-corrected chi connectivity index (χ2v) is 6.88. The van der Waals surface area contributed by atoms with Gasteiger partial charge in [0.1, 0.15) is 11.5 Å². The molecule has 2 aliphatic rings. The molecule has 10 nitrogen and oxygen atoms in total. The summed E-state index contributed by atoms with van der Waals surface area (Å²) < 4.78 is 5.97. The van der Waals surface area contributed by atoms with Gasteiger partial charge < -0.3 is 15.7 Å². The maximum atomic E-state index is 12.5. The summed E-state index contributed by atoms with van der Waals surface area (Å²) in [4.78, 5) is 12.4. The van der Waals surface area contributed by atoms with Crippen molar-refractivity contribution >= 4 is 46.6 Å². The molecule has 29 heavy (non-hydrogen) atoms. The van der Waals surface area contributed by atoms with Crippen LogP contribution in [0.2, 0.25) is 5.02 Å². The van der Waals surface area contributed by atoms with Gasteiger partial charge in [0.25, 0.3) is 0 Å². The Hall–Kier alpha value is -2.79. The summed E-state index contributed by atoms with van der Waals surface area (Å²) in [6.45, 7) is 0.819. The van der Waals surface area contributed by atoms with Crippen molar-refractivity contribution in [2.75, 3.05) is 18.5 Å². The molecule has 154 valence electrons. The van der Waals surface area contributed by atoms with Gasteiger partial charge in [-0.3, -0.25) is 10.5 Å². The van der Waals surface area contributed by atoms with E-state index in [1.807, 2.05) is 0 Å². The van der Waals surface area contributed by atoms with Crippen molar-refractivity contribution in [1.29, 1.82) is 0 Å². The number of hydrogen-bond acceptors (Lipinski definition) is 7. The molecule has 0 spiro atoms. The molecule has 1 aliphatic heterocycles. The molecule has 1 aliphatic carbocycles. The number of benzene rings is 1. The van der Waals surface area contributed by atoms with E-state index in [4.69, 9.17) is 33.7 Å². The maximum Gasteiger partial charge on any atom is 0.423 e. The highest BCUT2D eigenvalue weighted by atomic mass is 35.5. The second-order valence-electron chi connectivity index (χ2n) is 6.00. The minimum absolute atomic E-state index is 0.135. The third-order valence-electron chi connectivity index (χ3n) is 3.93. The molecule has 2 amide bonds. The number of hydrogen-bond donors (Lipinski definition) is 4. The van der Waals surface area contributed by atoms with Gasteiger partial charge >= 0.3 is 12.0 Å². The molecule has 0 radical (unpaired) electrons. The summed E-state index contributed by atoms with van der Waals surface area (Å²) in [6.07, 6.45) is 5.00. The molecule has 1 aromatic carbocycles. The molecule has 0 fully saturated rings. The zero-order valence-electron chi connectivity index (χ0n) is 15.0. The number of amides is 2. The van der Waals surface area contributed by atoms with Gasteiger partial charge in [0, 0.05) is 15.2 Å². The predicted octanol–water partition coefficient (Wildman–Crippen LogP) is 2.18. The Morgan fingerprint density at radius 1 is 1.38 bits per heavy atom. The van der Waals surface area contributed by atoms with Crippen molar-refractivity contribution in [3.05, 3.63) is 51.7 Å². The molecule has 1 aromatic rings. The third kappa shape index (κ3) is 4.98. The summed E-state index contributed by atoms with van der Waals surface area (Å²) in [5.41, 5.74) is 5.87. The predicted molar refractivity (Wildman–Crippen MR) is 109 cm³/mol. The Morgan fingerprint density at radius 3 is 2.93 bits per heavy atom. The van der Waals surface area contributed by atoms with Gasteiger partial charge in [-0.05, 0) is 49.4 Å². The number of carbonyl (C=O) groups is 1. The average Bonchev–Trinajstić information content (AvgIpc) is 2.67. The number of nitrogens with two attached hydrogens (primary N) is 1. The highest BCUT2D eigenvalue weighted by molar-refractivity contribution is 6.32. The maximum absolute atomic E-state index is 12.5. The number of guanidine groups is 1. The van der Waals surface area contributed by atoms with Gasteiger partial charge in [0.15, 0.2) is 6.04 Å². The molecule has 0 saturated heterocycles. The minimum Gasteiger partial charge on any atom is -0.740 e. The average molecular weight is 441 g/mol. The lowest BCUT2D eigenvalue weighted by Gasteiger charge is -2.28. The first-order valence-corrected chi connectivity index (χ1v) is 9.31. The van der Waals surface area contributed by atoms with E-state index in [9.17, 15) is 15.2 Å². The van der Waals surface area contributed by atoms with Gasteiger partial charge in [-0.15, -0.1) is 0 Å². The van der Waals surface area contributed by atoms with Crippen LogP contribution in [0.1, 0.15) is 6.42 Å². The summed E-state index contributed by atoms with van der Waals surface area (Å²) in [5, 5.41) is 32.3. The molecule has 5 N–H and O–H groups in total. The SMILES string of the molecule is NCCCOc1ccc(Cl)cc1NC(=O)NC1=NN(O)C2C=C(Cl)C=CC2=[N+]1[O-]. The summed E-state index contributed by atoms with van der Waals surface area (Å²) in [6, 6.07) is 3.08. The number of ether oxygens (including phenoxy) is 1.